The summed E-state index contributed by atoms with van der Waals surface area (Å²) >= 11 is 1.20. The van der Waals surface area contributed by atoms with Crippen molar-refractivity contribution in [3.8, 4) is 11.1 Å². The second kappa shape index (κ2) is 13.4. The molecule has 1 heterocycles. The van der Waals surface area contributed by atoms with E-state index in [-0.39, 0.29) is 40.3 Å². The molecule has 3 fully saturated rings. The molecule has 2 N–H and O–H groups in total. The van der Waals surface area contributed by atoms with Crippen LogP contribution in [-0.4, -0.2) is 47.0 Å². The Kier molecular flexibility index (Phi) is 8.80. The predicted molar refractivity (Wildman–Crippen MR) is 231 cm³/mol. The number of ketones is 1. The number of hydrogen-bond acceptors (Lipinski definition) is 6. The van der Waals surface area contributed by atoms with E-state index in [1.54, 1.807) is 17.5 Å². The van der Waals surface area contributed by atoms with E-state index in [0.717, 1.165) is 58.7 Å². The van der Waals surface area contributed by atoms with Crippen molar-refractivity contribution in [3.63, 3.8) is 0 Å². The molecule has 4 aromatic carbocycles. The van der Waals surface area contributed by atoms with Crippen molar-refractivity contribution in [1.29, 1.82) is 0 Å². The van der Waals surface area contributed by atoms with Crippen molar-refractivity contribution < 1.29 is 23.4 Å². The number of carbonyl (C=O) groups excluding carboxylic acids is 1. The van der Waals surface area contributed by atoms with Crippen LogP contribution in [0.4, 0.5) is 0 Å². The summed E-state index contributed by atoms with van der Waals surface area (Å²) < 4.78 is 31.1. The Morgan fingerprint density at radius 2 is 1.47 bits per heavy atom. The number of thiophene rings is 1. The van der Waals surface area contributed by atoms with Crippen LogP contribution in [0.1, 0.15) is 74.7 Å². The fraction of sp³-hybridized carbons (Fsp3) is 0.380. The molecular formula is C50H51NO5S2. The largest absolute Gasteiger partial charge is 0.393 e. The highest BCUT2D eigenvalue weighted by Crippen LogP contribution is 2.78. The summed E-state index contributed by atoms with van der Waals surface area (Å²) in [7, 11) is -3.98. The molecule has 5 aromatic rings. The number of aliphatic hydroxyl groups is 2. The van der Waals surface area contributed by atoms with Crippen molar-refractivity contribution in [2.24, 2.45) is 33.5 Å². The predicted octanol–water partition coefficient (Wildman–Crippen LogP) is 10.2. The van der Waals surface area contributed by atoms with E-state index < -0.39 is 38.0 Å². The Balaban J connectivity index is 1.06. The smallest absolute Gasteiger partial charge is 0.252 e. The summed E-state index contributed by atoms with van der Waals surface area (Å²) in [5.41, 5.74) is 1.12. The lowest BCUT2D eigenvalue weighted by molar-refractivity contribution is -0.173. The van der Waals surface area contributed by atoms with Gasteiger partial charge in [0.25, 0.3) is 10.0 Å². The summed E-state index contributed by atoms with van der Waals surface area (Å²) in [6.07, 6.45) is 11.2. The maximum atomic E-state index is 15.2. The fourth-order valence-corrected chi connectivity index (χ4v) is 15.5. The van der Waals surface area contributed by atoms with Gasteiger partial charge in [0.2, 0.25) is 0 Å². The monoisotopic (exact) mass is 809 g/mol. The van der Waals surface area contributed by atoms with Crippen molar-refractivity contribution in [3.05, 3.63) is 150 Å². The molecule has 2 bridgehead atoms. The van der Waals surface area contributed by atoms with Crippen LogP contribution in [0, 0.1) is 33.5 Å². The zero-order valence-electron chi connectivity index (χ0n) is 33.2. The molecule has 3 saturated carbocycles. The highest BCUT2D eigenvalue weighted by molar-refractivity contribution is 7.91. The second-order valence-electron chi connectivity index (χ2n) is 18.4. The number of benzene rings is 4. The number of hydrogen-bond donors (Lipinski definition) is 2. The lowest BCUT2D eigenvalue weighted by atomic mass is 9.32. The number of Topliss-reactive ketones (excluding diaryl/α,β-unsaturated/α-hetero) is 1. The summed E-state index contributed by atoms with van der Waals surface area (Å²) in [6, 6.07) is 35.6. The van der Waals surface area contributed by atoms with Gasteiger partial charge in [-0.3, -0.25) is 4.79 Å². The third-order valence-electron chi connectivity index (χ3n) is 16.0. The SMILES string of the molecule is CC12CCC(O)CC13C=CC1(C(C(=O)c4ccc(-c5ccccc5)cc4)=C3)C2CCC2(C)C1CCC2(O)CN(Cc1cccc2ccccc12)S(=O)(=O)c1cccs1. The Bertz CT molecular complexity index is 2580. The molecule has 8 unspecified atom stereocenters. The number of rotatable bonds is 9. The zero-order valence-corrected chi connectivity index (χ0v) is 34.8. The van der Waals surface area contributed by atoms with E-state index in [0.29, 0.717) is 24.8 Å². The van der Waals surface area contributed by atoms with E-state index in [9.17, 15) is 18.6 Å². The van der Waals surface area contributed by atoms with Crippen LogP contribution < -0.4 is 0 Å². The number of fused-ring (bicyclic) bond motifs is 2. The van der Waals surface area contributed by atoms with E-state index in [1.165, 1.54) is 15.6 Å². The number of sulfonamides is 1. The van der Waals surface area contributed by atoms with Gasteiger partial charge < -0.3 is 10.2 Å². The van der Waals surface area contributed by atoms with Gasteiger partial charge in [-0.25, -0.2) is 8.42 Å². The van der Waals surface area contributed by atoms with E-state index >= 15 is 4.79 Å². The van der Waals surface area contributed by atoms with Crippen LogP contribution in [0.15, 0.2) is 143 Å². The quantitative estimate of drug-likeness (QED) is 0.114. The van der Waals surface area contributed by atoms with Gasteiger partial charge in [0.15, 0.2) is 5.78 Å². The Labute approximate surface area is 346 Å². The average Bonchev–Trinajstić information content (AvgIpc) is 3.88. The molecule has 6 nitrogen and oxygen atoms in total. The van der Waals surface area contributed by atoms with E-state index in [2.05, 4.69) is 44.2 Å². The van der Waals surface area contributed by atoms with Gasteiger partial charge in [-0.05, 0) is 101 Å². The number of carbonyl (C=O) groups is 1. The molecule has 8 atom stereocenters. The number of aliphatic hydroxyl groups excluding tert-OH is 1. The standard InChI is InChI=1S/C50H51NO5S2/c1-46-24-21-39(52)30-48(46)27-28-50(41(31-48)45(53)37-19-17-35(18-20-37)34-10-4-3-5-11-34)42(46)22-25-47(2)43(50)23-26-49(47,54)33-51(58(55,56)44-16-9-29-57-44)32-38-14-8-13-36-12-6-7-15-40(36)38/h3-20,27-29,31,39,42-43,52,54H,21-26,30,32-33H2,1-2H3. The van der Waals surface area contributed by atoms with Crippen LogP contribution >= 0.6 is 11.3 Å². The third kappa shape index (κ3) is 5.37. The van der Waals surface area contributed by atoms with E-state index in [1.807, 2.05) is 84.9 Å². The van der Waals surface area contributed by atoms with Gasteiger partial charge in [-0.2, -0.15) is 4.31 Å². The van der Waals surface area contributed by atoms with Crippen LogP contribution in [0.25, 0.3) is 21.9 Å². The van der Waals surface area contributed by atoms with Gasteiger partial charge >= 0.3 is 0 Å². The summed E-state index contributed by atoms with van der Waals surface area (Å²) in [6.45, 7) is 4.65. The molecular weight excluding hydrogens is 759 g/mol. The first-order valence-electron chi connectivity index (χ1n) is 20.9. The van der Waals surface area contributed by atoms with Gasteiger partial charge in [0.05, 0.1) is 11.7 Å². The molecule has 11 rings (SSSR count). The lowest BCUT2D eigenvalue weighted by Crippen LogP contribution is -2.67. The molecule has 6 aliphatic rings. The minimum Gasteiger partial charge on any atom is -0.393 e. The van der Waals surface area contributed by atoms with Gasteiger partial charge in [-0.15, -0.1) is 11.3 Å². The lowest BCUT2D eigenvalue weighted by Gasteiger charge is -2.71. The Morgan fingerprint density at radius 1 is 0.776 bits per heavy atom. The first kappa shape index (κ1) is 38.0. The first-order chi connectivity index (χ1) is 27.8. The molecule has 1 aromatic heterocycles. The van der Waals surface area contributed by atoms with Crippen LogP contribution in [0.2, 0.25) is 0 Å². The zero-order chi connectivity index (χ0) is 40.1. The molecule has 0 radical (unpaired) electrons. The fourth-order valence-electron chi connectivity index (χ4n) is 12.9. The molecule has 8 heteroatoms. The Hall–Kier alpha value is -4.18. The maximum absolute atomic E-state index is 15.2. The first-order valence-corrected chi connectivity index (χ1v) is 23.2. The topological polar surface area (TPSA) is 94.9 Å². The molecule has 6 aliphatic carbocycles. The minimum atomic E-state index is -3.98. The molecule has 0 amide bonds. The van der Waals surface area contributed by atoms with Crippen molar-refractivity contribution in [2.45, 2.75) is 81.3 Å². The highest BCUT2D eigenvalue weighted by atomic mass is 32.2. The molecule has 58 heavy (non-hydrogen) atoms. The molecule has 0 aliphatic heterocycles. The van der Waals surface area contributed by atoms with Crippen molar-refractivity contribution >= 4 is 37.9 Å². The van der Waals surface area contributed by atoms with Crippen molar-refractivity contribution in [1.82, 2.24) is 4.31 Å². The third-order valence-corrected chi connectivity index (χ3v) is 19.1. The normalized spacial score (nSPS) is 33.7. The molecule has 298 valence electrons. The minimum absolute atomic E-state index is 0.00740. The second-order valence-corrected chi connectivity index (χ2v) is 21.5. The summed E-state index contributed by atoms with van der Waals surface area (Å²) in [4.78, 5) is 15.2. The van der Waals surface area contributed by atoms with E-state index in [4.69, 9.17) is 0 Å². The van der Waals surface area contributed by atoms with Crippen LogP contribution in [0.3, 0.4) is 0 Å². The summed E-state index contributed by atoms with van der Waals surface area (Å²) in [5, 5.41) is 28.3. The Morgan fingerprint density at radius 3 is 2.24 bits per heavy atom. The van der Waals surface area contributed by atoms with Crippen LogP contribution in [-0.2, 0) is 16.6 Å². The van der Waals surface area contributed by atoms with Crippen molar-refractivity contribution in [2.75, 3.05) is 6.54 Å². The van der Waals surface area contributed by atoms with Gasteiger partial charge in [0, 0.05) is 40.5 Å². The van der Waals surface area contributed by atoms with Gasteiger partial charge in [0.1, 0.15) is 4.21 Å². The summed E-state index contributed by atoms with van der Waals surface area (Å²) in [5.74, 6) is 0.0321. The molecule has 0 saturated heterocycles. The maximum Gasteiger partial charge on any atom is 0.252 e. The average molecular weight is 810 g/mol. The van der Waals surface area contributed by atoms with Crippen LogP contribution in [0.5, 0.6) is 0 Å². The van der Waals surface area contributed by atoms with Gasteiger partial charge in [-0.1, -0.05) is 135 Å². The number of allylic oxidation sites excluding steroid dienone is 4. The number of nitrogens with zero attached hydrogens (tertiary/aromatic N) is 1. The highest BCUT2D eigenvalue weighted by Gasteiger charge is 2.74. The molecule has 2 spiro atoms.